The van der Waals surface area contributed by atoms with Gasteiger partial charge in [0.15, 0.2) is 15.7 Å². The maximum Gasteiger partial charge on any atom is 0.433 e. The molecule has 164 valence electrons. The van der Waals surface area contributed by atoms with E-state index in [9.17, 15) is 21.6 Å². The molecule has 31 heavy (non-hydrogen) atoms. The quantitative estimate of drug-likeness (QED) is 0.434. The summed E-state index contributed by atoms with van der Waals surface area (Å²) in [4.78, 5) is 12.0. The van der Waals surface area contributed by atoms with E-state index in [0.29, 0.717) is 11.1 Å². The van der Waals surface area contributed by atoms with Gasteiger partial charge < -0.3 is 4.57 Å². The van der Waals surface area contributed by atoms with Gasteiger partial charge in [-0.15, -0.1) is 0 Å². The Morgan fingerprint density at radius 1 is 1.19 bits per heavy atom. The van der Waals surface area contributed by atoms with Gasteiger partial charge >= 0.3 is 6.18 Å². The van der Waals surface area contributed by atoms with Gasteiger partial charge in [0, 0.05) is 18.8 Å². The average molecular weight is 469 g/mol. The Balaban J connectivity index is 1.89. The molecule has 1 fully saturated rings. The maximum atomic E-state index is 13.0. The first kappa shape index (κ1) is 21.6. The molecule has 4 rings (SSSR count). The first-order valence-electron chi connectivity index (χ1n) is 9.33. The van der Waals surface area contributed by atoms with E-state index in [2.05, 4.69) is 32.4 Å². The van der Waals surface area contributed by atoms with Crippen LogP contribution in [-0.2, 0) is 23.1 Å². The second kappa shape index (κ2) is 7.24. The zero-order valence-corrected chi connectivity index (χ0v) is 18.6. The van der Waals surface area contributed by atoms with Crippen LogP contribution in [0.5, 0.6) is 0 Å². The van der Waals surface area contributed by atoms with Crippen molar-refractivity contribution in [2.75, 3.05) is 23.5 Å². The third kappa shape index (κ3) is 4.14. The second-order valence-electron chi connectivity index (χ2n) is 7.43. The molecule has 1 aliphatic heterocycles. The minimum Gasteiger partial charge on any atom is -0.324 e. The summed E-state index contributed by atoms with van der Waals surface area (Å²) in [6.45, 7) is 1.52. The van der Waals surface area contributed by atoms with Crippen molar-refractivity contribution >= 4 is 30.9 Å². The second-order valence-corrected chi connectivity index (χ2v) is 13.3. The highest BCUT2D eigenvalue weighted by atomic mass is 32.3. The highest BCUT2D eigenvalue weighted by Crippen LogP contribution is 2.56. The SMILES string of the molecule is CCS(=O)(=O)c1cc(C#CS2(C)CC2)cnc1-c1nc2cc(C(F)(F)F)ncc2n1C. The molecule has 0 spiro atoms. The van der Waals surface area contributed by atoms with Crippen molar-refractivity contribution in [3.63, 3.8) is 0 Å². The van der Waals surface area contributed by atoms with Crippen LogP contribution in [0.15, 0.2) is 29.4 Å². The number of imidazole rings is 1. The molecule has 0 aromatic carbocycles. The molecule has 1 aliphatic rings. The Kier molecular flexibility index (Phi) is 5.05. The Labute approximate surface area is 179 Å². The molecule has 0 aliphatic carbocycles. The number of sulfone groups is 1. The third-order valence-corrected chi connectivity index (χ3v) is 9.06. The van der Waals surface area contributed by atoms with E-state index in [1.807, 2.05) is 0 Å². The monoisotopic (exact) mass is 468 g/mol. The minimum absolute atomic E-state index is 0.0415. The number of aromatic nitrogens is 4. The van der Waals surface area contributed by atoms with Crippen molar-refractivity contribution in [1.29, 1.82) is 0 Å². The zero-order valence-electron chi connectivity index (χ0n) is 17.0. The fourth-order valence-electron chi connectivity index (χ4n) is 2.94. The van der Waals surface area contributed by atoms with Gasteiger partial charge in [0.25, 0.3) is 0 Å². The summed E-state index contributed by atoms with van der Waals surface area (Å²) in [5, 5.41) is 3.22. The van der Waals surface area contributed by atoms with Gasteiger partial charge in [-0.1, -0.05) is 12.8 Å². The van der Waals surface area contributed by atoms with Gasteiger partial charge in [0.1, 0.15) is 11.4 Å². The van der Waals surface area contributed by atoms with Gasteiger partial charge in [-0.25, -0.2) is 18.4 Å². The molecule has 0 radical (unpaired) electrons. The van der Waals surface area contributed by atoms with Gasteiger partial charge in [0.05, 0.1) is 27.9 Å². The standard InChI is InChI=1S/C20H19F3N4O2S2/c1-4-31(28,29)16-9-13(5-6-30(3)7-8-30)11-25-18(16)19-26-14-10-17(20(21,22)23)24-12-15(14)27(19)2/h9-12H,4,7-8H2,1-3H3. The molecule has 3 aromatic heterocycles. The van der Waals surface area contributed by atoms with E-state index >= 15 is 0 Å². The van der Waals surface area contributed by atoms with Gasteiger partial charge in [-0.2, -0.15) is 23.2 Å². The molecule has 0 atom stereocenters. The van der Waals surface area contributed by atoms with Crippen LogP contribution in [0.2, 0.25) is 0 Å². The number of rotatable bonds is 3. The number of pyridine rings is 2. The number of nitrogens with zero attached hydrogens (tertiary/aromatic N) is 4. The van der Waals surface area contributed by atoms with Crippen molar-refractivity contribution in [2.24, 2.45) is 7.05 Å². The summed E-state index contributed by atoms with van der Waals surface area (Å²) in [6, 6.07) is 2.31. The number of aryl methyl sites for hydroxylation is 1. The molecule has 1 saturated heterocycles. The number of hydrogen-bond acceptors (Lipinski definition) is 5. The minimum atomic E-state index is -4.61. The molecule has 3 aromatic rings. The molecule has 0 saturated carbocycles. The predicted molar refractivity (Wildman–Crippen MR) is 115 cm³/mol. The van der Waals surface area contributed by atoms with E-state index in [0.717, 1.165) is 23.8 Å². The Hall–Kier alpha value is -2.58. The van der Waals surface area contributed by atoms with Crippen LogP contribution in [0.25, 0.3) is 22.6 Å². The number of hydrogen-bond donors (Lipinski definition) is 0. The van der Waals surface area contributed by atoms with Crippen LogP contribution >= 0.6 is 10.0 Å². The van der Waals surface area contributed by atoms with E-state index in [-0.39, 0.29) is 27.7 Å². The fraction of sp³-hybridized carbons (Fsp3) is 0.350. The summed E-state index contributed by atoms with van der Waals surface area (Å²) in [5.74, 6) is 5.17. The van der Waals surface area contributed by atoms with Crippen molar-refractivity contribution in [2.45, 2.75) is 18.0 Å². The normalized spacial score (nSPS) is 16.6. The third-order valence-electron chi connectivity index (χ3n) is 5.10. The van der Waals surface area contributed by atoms with Crippen LogP contribution in [0.1, 0.15) is 18.2 Å². The zero-order chi connectivity index (χ0) is 22.6. The lowest BCUT2D eigenvalue weighted by Crippen LogP contribution is -2.09. The lowest BCUT2D eigenvalue weighted by Gasteiger charge is -2.09. The molecule has 0 bridgehead atoms. The van der Waals surface area contributed by atoms with Gasteiger partial charge in [-0.3, -0.25) is 4.98 Å². The summed E-state index contributed by atoms with van der Waals surface area (Å²) in [6.07, 6.45) is 0.0536. The molecule has 11 heteroatoms. The molecule has 6 nitrogen and oxygen atoms in total. The van der Waals surface area contributed by atoms with E-state index < -0.39 is 31.7 Å². The molecular weight excluding hydrogens is 449 g/mol. The van der Waals surface area contributed by atoms with Crippen molar-refractivity contribution in [3.05, 3.63) is 35.8 Å². The van der Waals surface area contributed by atoms with E-state index in [1.54, 1.807) is 7.05 Å². The smallest absolute Gasteiger partial charge is 0.324 e. The Bertz CT molecular complexity index is 1360. The molecular formula is C20H19F3N4O2S2. The van der Waals surface area contributed by atoms with Crippen molar-refractivity contribution in [1.82, 2.24) is 19.5 Å². The van der Waals surface area contributed by atoms with Crippen LogP contribution in [0.4, 0.5) is 13.2 Å². The lowest BCUT2D eigenvalue weighted by molar-refractivity contribution is -0.141. The van der Waals surface area contributed by atoms with Gasteiger partial charge in [-0.05, 0) is 35.1 Å². The Morgan fingerprint density at radius 3 is 2.52 bits per heavy atom. The van der Waals surface area contributed by atoms with Crippen LogP contribution < -0.4 is 0 Å². The number of alkyl halides is 3. The fourth-order valence-corrected chi connectivity index (χ4v) is 5.56. The summed E-state index contributed by atoms with van der Waals surface area (Å²) >= 11 is 0. The van der Waals surface area contributed by atoms with E-state index in [4.69, 9.17) is 0 Å². The first-order chi connectivity index (χ1) is 14.4. The molecule has 4 heterocycles. The Morgan fingerprint density at radius 2 is 1.90 bits per heavy atom. The maximum absolute atomic E-state index is 13.0. The van der Waals surface area contributed by atoms with Crippen LogP contribution in [0, 0.1) is 11.2 Å². The topological polar surface area (TPSA) is 77.7 Å². The molecule has 0 amide bonds. The highest BCUT2D eigenvalue weighted by Gasteiger charge is 2.33. The summed E-state index contributed by atoms with van der Waals surface area (Å²) < 4.78 is 66.1. The molecule has 0 N–H and O–H groups in total. The van der Waals surface area contributed by atoms with Crippen LogP contribution in [-0.4, -0.2) is 51.5 Å². The van der Waals surface area contributed by atoms with Crippen molar-refractivity contribution in [3.8, 4) is 22.7 Å². The molecule has 0 unspecified atom stereocenters. The van der Waals surface area contributed by atoms with Crippen LogP contribution in [0.3, 0.4) is 0 Å². The van der Waals surface area contributed by atoms with Gasteiger partial charge in [0.2, 0.25) is 0 Å². The lowest BCUT2D eigenvalue weighted by atomic mass is 10.2. The highest BCUT2D eigenvalue weighted by molar-refractivity contribution is 8.42. The average Bonchev–Trinajstić information content (AvgIpc) is 3.37. The summed E-state index contributed by atoms with van der Waals surface area (Å²) in [5.41, 5.74) is -0.129. The van der Waals surface area contributed by atoms with Crippen molar-refractivity contribution < 1.29 is 21.6 Å². The first-order valence-corrected chi connectivity index (χ1v) is 13.4. The number of halogens is 3. The van der Waals surface area contributed by atoms with E-state index in [1.165, 1.54) is 23.8 Å². The largest absolute Gasteiger partial charge is 0.433 e. The predicted octanol–water partition coefficient (Wildman–Crippen LogP) is 3.60. The summed E-state index contributed by atoms with van der Waals surface area (Å²) in [7, 11) is -3.00. The number of fused-ring (bicyclic) bond motifs is 1.